The average Bonchev–Trinajstić information content (AvgIpc) is 2.81. The van der Waals surface area contributed by atoms with Gasteiger partial charge in [0.1, 0.15) is 0 Å². The van der Waals surface area contributed by atoms with Crippen LogP contribution in [-0.4, -0.2) is 8.32 Å². The van der Waals surface area contributed by atoms with Crippen LogP contribution in [0.5, 0.6) is 0 Å². The SMILES string of the molecule is C[Si](C)(OCc1cccs1)c1ccccc1. The molecule has 0 saturated carbocycles. The minimum absolute atomic E-state index is 0.742. The molecule has 0 atom stereocenters. The van der Waals surface area contributed by atoms with E-state index in [0.717, 1.165) is 6.61 Å². The van der Waals surface area contributed by atoms with Gasteiger partial charge in [-0.3, -0.25) is 0 Å². The third kappa shape index (κ3) is 2.81. The van der Waals surface area contributed by atoms with Gasteiger partial charge in [-0.2, -0.15) is 0 Å². The van der Waals surface area contributed by atoms with Crippen molar-refractivity contribution in [2.24, 2.45) is 0 Å². The summed E-state index contributed by atoms with van der Waals surface area (Å²) >= 11 is 1.76. The minimum Gasteiger partial charge on any atom is -0.408 e. The van der Waals surface area contributed by atoms with Crippen LogP contribution < -0.4 is 5.19 Å². The summed E-state index contributed by atoms with van der Waals surface area (Å²) < 4.78 is 6.11. The van der Waals surface area contributed by atoms with E-state index in [-0.39, 0.29) is 0 Å². The van der Waals surface area contributed by atoms with E-state index >= 15 is 0 Å². The normalized spacial score (nSPS) is 11.6. The Morgan fingerprint density at radius 1 is 1.06 bits per heavy atom. The van der Waals surface area contributed by atoms with Gasteiger partial charge in [-0.05, 0) is 29.7 Å². The van der Waals surface area contributed by atoms with Gasteiger partial charge >= 0.3 is 0 Å². The molecule has 16 heavy (non-hydrogen) atoms. The van der Waals surface area contributed by atoms with Crippen LogP contribution in [0, 0.1) is 0 Å². The van der Waals surface area contributed by atoms with Crippen molar-refractivity contribution < 1.29 is 4.43 Å². The Bertz CT molecular complexity index is 422. The summed E-state index contributed by atoms with van der Waals surface area (Å²) in [6, 6.07) is 14.7. The fourth-order valence-corrected chi connectivity index (χ4v) is 3.97. The first-order valence-electron chi connectivity index (χ1n) is 5.40. The Hall–Kier alpha value is -0.903. The molecule has 0 fully saturated rings. The fraction of sp³-hybridized carbons (Fsp3) is 0.231. The lowest BCUT2D eigenvalue weighted by Gasteiger charge is -2.22. The zero-order valence-electron chi connectivity index (χ0n) is 9.64. The molecule has 1 aromatic heterocycles. The Morgan fingerprint density at radius 2 is 1.81 bits per heavy atom. The van der Waals surface area contributed by atoms with Gasteiger partial charge in [0.2, 0.25) is 8.32 Å². The standard InChI is InChI=1S/C13H16OSSi/c1-16(2,13-8-4-3-5-9-13)14-11-12-7-6-10-15-12/h3-10H,11H2,1-2H3. The van der Waals surface area contributed by atoms with Gasteiger partial charge in [-0.25, -0.2) is 0 Å². The first-order valence-corrected chi connectivity index (χ1v) is 9.19. The molecule has 0 aliphatic rings. The largest absolute Gasteiger partial charge is 0.408 e. The predicted octanol–water partition coefficient (Wildman–Crippen LogP) is 3.38. The van der Waals surface area contributed by atoms with Crippen molar-refractivity contribution in [1.82, 2.24) is 0 Å². The van der Waals surface area contributed by atoms with E-state index in [1.807, 2.05) is 6.07 Å². The molecule has 0 radical (unpaired) electrons. The monoisotopic (exact) mass is 248 g/mol. The topological polar surface area (TPSA) is 9.23 Å². The molecule has 3 heteroatoms. The van der Waals surface area contributed by atoms with Crippen LogP contribution in [0.15, 0.2) is 47.8 Å². The molecule has 0 amide bonds. The molecule has 1 heterocycles. The number of hydrogen-bond acceptors (Lipinski definition) is 2. The first-order chi connectivity index (χ1) is 7.68. The van der Waals surface area contributed by atoms with E-state index in [1.54, 1.807) is 11.3 Å². The van der Waals surface area contributed by atoms with Gasteiger partial charge in [0.15, 0.2) is 0 Å². The van der Waals surface area contributed by atoms with Crippen LogP contribution >= 0.6 is 11.3 Å². The van der Waals surface area contributed by atoms with E-state index in [4.69, 9.17) is 4.43 Å². The number of rotatable bonds is 4. The molecule has 2 aromatic rings. The lowest BCUT2D eigenvalue weighted by molar-refractivity contribution is 0.307. The number of benzene rings is 1. The van der Waals surface area contributed by atoms with E-state index < -0.39 is 8.32 Å². The molecule has 0 aliphatic heterocycles. The van der Waals surface area contributed by atoms with Gasteiger partial charge in [0.05, 0.1) is 6.61 Å². The van der Waals surface area contributed by atoms with Crippen molar-refractivity contribution in [1.29, 1.82) is 0 Å². The van der Waals surface area contributed by atoms with Gasteiger partial charge in [-0.1, -0.05) is 36.4 Å². The van der Waals surface area contributed by atoms with Crippen LogP contribution in [0.1, 0.15) is 4.88 Å². The van der Waals surface area contributed by atoms with Crippen molar-refractivity contribution in [3.8, 4) is 0 Å². The predicted molar refractivity (Wildman–Crippen MR) is 72.7 cm³/mol. The van der Waals surface area contributed by atoms with Gasteiger partial charge in [0, 0.05) is 4.88 Å². The van der Waals surface area contributed by atoms with Gasteiger partial charge < -0.3 is 4.43 Å². The van der Waals surface area contributed by atoms with E-state index in [9.17, 15) is 0 Å². The summed E-state index contributed by atoms with van der Waals surface area (Å²) in [4.78, 5) is 1.30. The summed E-state index contributed by atoms with van der Waals surface area (Å²) in [5, 5.41) is 3.45. The molecule has 0 unspecified atom stereocenters. The highest BCUT2D eigenvalue weighted by Crippen LogP contribution is 2.14. The third-order valence-electron chi connectivity index (χ3n) is 2.62. The summed E-state index contributed by atoms with van der Waals surface area (Å²) in [6.45, 7) is 5.23. The summed E-state index contributed by atoms with van der Waals surface area (Å²) in [6.07, 6.45) is 0. The molecule has 1 aromatic carbocycles. The molecule has 0 bridgehead atoms. The van der Waals surface area contributed by atoms with Crippen LogP contribution in [0.2, 0.25) is 13.1 Å². The van der Waals surface area contributed by atoms with Gasteiger partial charge in [0.25, 0.3) is 0 Å². The second-order valence-corrected chi connectivity index (χ2v) is 9.16. The van der Waals surface area contributed by atoms with E-state index in [2.05, 4.69) is 54.9 Å². The zero-order chi connectivity index (χ0) is 11.4. The second kappa shape index (κ2) is 4.95. The van der Waals surface area contributed by atoms with Crippen LogP contribution in [0.3, 0.4) is 0 Å². The Balaban J connectivity index is 2.03. The average molecular weight is 248 g/mol. The molecule has 1 nitrogen and oxygen atoms in total. The van der Waals surface area contributed by atoms with Crippen LogP contribution in [0.4, 0.5) is 0 Å². The Labute approximate surface area is 102 Å². The first kappa shape index (κ1) is 11.6. The van der Waals surface area contributed by atoms with Crippen LogP contribution in [0.25, 0.3) is 0 Å². The second-order valence-electron chi connectivity index (χ2n) is 4.24. The molecular weight excluding hydrogens is 232 g/mol. The van der Waals surface area contributed by atoms with Crippen LogP contribution in [-0.2, 0) is 11.0 Å². The molecule has 0 aliphatic carbocycles. The van der Waals surface area contributed by atoms with Gasteiger partial charge in [-0.15, -0.1) is 11.3 Å². The number of thiophene rings is 1. The maximum Gasteiger partial charge on any atom is 0.218 e. The number of hydrogen-bond donors (Lipinski definition) is 0. The molecule has 0 saturated heterocycles. The molecule has 0 N–H and O–H groups in total. The maximum atomic E-state index is 6.11. The van der Waals surface area contributed by atoms with Crippen molar-refractivity contribution in [2.75, 3.05) is 0 Å². The summed E-state index contributed by atoms with van der Waals surface area (Å²) in [5.41, 5.74) is 0. The highest BCUT2D eigenvalue weighted by Gasteiger charge is 2.24. The molecule has 2 rings (SSSR count). The van der Waals surface area contributed by atoms with Crippen molar-refractivity contribution >= 4 is 24.8 Å². The van der Waals surface area contributed by atoms with E-state index in [0.29, 0.717) is 0 Å². The van der Waals surface area contributed by atoms with E-state index in [1.165, 1.54) is 10.1 Å². The molecule has 84 valence electrons. The van der Waals surface area contributed by atoms with Crippen molar-refractivity contribution in [3.05, 3.63) is 52.7 Å². The Morgan fingerprint density at radius 3 is 2.44 bits per heavy atom. The molecular formula is C13H16OSSi. The maximum absolute atomic E-state index is 6.11. The molecule has 0 spiro atoms. The lowest BCUT2D eigenvalue weighted by atomic mass is 10.4. The van der Waals surface area contributed by atoms with Crippen molar-refractivity contribution in [3.63, 3.8) is 0 Å². The van der Waals surface area contributed by atoms with Crippen molar-refractivity contribution in [2.45, 2.75) is 19.7 Å². The smallest absolute Gasteiger partial charge is 0.218 e. The highest BCUT2D eigenvalue weighted by atomic mass is 32.1. The quantitative estimate of drug-likeness (QED) is 0.754. The lowest BCUT2D eigenvalue weighted by Crippen LogP contribution is -2.44. The zero-order valence-corrected chi connectivity index (χ0v) is 11.5. The minimum atomic E-state index is -1.73. The summed E-state index contributed by atoms with van der Waals surface area (Å²) in [7, 11) is -1.73. The fourth-order valence-electron chi connectivity index (χ4n) is 1.57. The highest BCUT2D eigenvalue weighted by molar-refractivity contribution is 7.09. The third-order valence-corrected chi connectivity index (χ3v) is 6.06. The summed E-state index contributed by atoms with van der Waals surface area (Å²) in [5.74, 6) is 0. The Kier molecular flexibility index (Phi) is 3.58.